The van der Waals surface area contributed by atoms with Gasteiger partial charge in [-0.3, -0.25) is 19.5 Å². The van der Waals surface area contributed by atoms with Crippen LogP contribution in [0.4, 0.5) is 9.52 Å². The van der Waals surface area contributed by atoms with Gasteiger partial charge in [-0.15, -0.1) is 34.9 Å². The number of thioether (sulfide) groups is 3. The van der Waals surface area contributed by atoms with Crippen molar-refractivity contribution >= 4 is 75.2 Å². The number of amides is 2. The third-order valence-corrected chi connectivity index (χ3v) is 10.1. The number of nitrogens with zero attached hydrogens (tertiary/aromatic N) is 4. The van der Waals surface area contributed by atoms with Crippen molar-refractivity contribution in [1.29, 1.82) is 0 Å². The Morgan fingerprint density at radius 3 is 2.88 bits per heavy atom. The number of hydrogen-bond donors (Lipinski definition) is 5. The number of aromatic nitrogens is 2. The first-order valence-corrected chi connectivity index (χ1v) is 15.3. The molecule has 4 rings (SSSR count). The molecular formula is C22H24FN7O6S4. The van der Waals surface area contributed by atoms with Crippen LogP contribution in [-0.4, -0.2) is 97.4 Å². The Labute approximate surface area is 244 Å². The zero-order valence-corrected chi connectivity index (χ0v) is 23.8. The van der Waals surface area contributed by atoms with Gasteiger partial charge in [-0.05, 0) is 6.07 Å². The monoisotopic (exact) mass is 629 g/mol. The number of oxime groups is 1. The number of nitrogens with one attached hydrogen (secondary N) is 1. The number of carbonyl (C=O) groups excluding carboxylic acids is 2. The molecule has 3 atom stereocenters. The number of alkyl halides is 1. The van der Waals surface area contributed by atoms with E-state index in [-0.39, 0.29) is 41.2 Å². The first-order chi connectivity index (χ1) is 19.2. The first-order valence-electron chi connectivity index (χ1n) is 11.6. The minimum atomic E-state index is -1.28. The fourth-order valence-electron chi connectivity index (χ4n) is 3.57. The molecule has 2 aromatic rings. The summed E-state index contributed by atoms with van der Waals surface area (Å²) in [6, 6.07) is 0.272. The van der Waals surface area contributed by atoms with Gasteiger partial charge in [0.1, 0.15) is 36.1 Å². The van der Waals surface area contributed by atoms with Gasteiger partial charge in [0, 0.05) is 50.0 Å². The lowest BCUT2D eigenvalue weighted by Crippen LogP contribution is -2.71. The van der Waals surface area contributed by atoms with E-state index in [2.05, 4.69) is 20.4 Å². The average Bonchev–Trinajstić information content (AvgIpc) is 3.38. The predicted molar refractivity (Wildman–Crippen MR) is 151 cm³/mol. The number of halogens is 1. The fraction of sp³-hybridized carbons (Fsp3) is 0.364. The van der Waals surface area contributed by atoms with E-state index >= 15 is 0 Å². The molecule has 0 aliphatic carbocycles. The van der Waals surface area contributed by atoms with Crippen molar-refractivity contribution in [2.45, 2.75) is 27.2 Å². The molecule has 0 aromatic carbocycles. The van der Waals surface area contributed by atoms with Crippen LogP contribution in [0, 0.1) is 0 Å². The highest BCUT2D eigenvalue weighted by atomic mass is 32.2. The van der Waals surface area contributed by atoms with E-state index in [9.17, 15) is 29.0 Å². The minimum Gasteiger partial charge on any atom is -0.477 e. The summed E-state index contributed by atoms with van der Waals surface area (Å²) in [5, 5.41) is 26.4. The molecule has 40 heavy (non-hydrogen) atoms. The second kappa shape index (κ2) is 13.6. The van der Waals surface area contributed by atoms with Gasteiger partial charge in [-0.1, -0.05) is 16.9 Å². The van der Waals surface area contributed by atoms with Crippen LogP contribution in [0.15, 0.2) is 49.4 Å². The summed E-state index contributed by atoms with van der Waals surface area (Å²) in [4.78, 5) is 54.5. The predicted octanol–water partition coefficient (Wildman–Crippen LogP) is 0.711. The molecule has 0 radical (unpaired) electrons. The van der Waals surface area contributed by atoms with E-state index in [0.29, 0.717) is 10.7 Å². The van der Waals surface area contributed by atoms with Gasteiger partial charge in [-0.25, -0.2) is 14.2 Å². The van der Waals surface area contributed by atoms with Gasteiger partial charge in [0.2, 0.25) is 0 Å². The summed E-state index contributed by atoms with van der Waals surface area (Å²) in [5.74, 6) is -2.00. The maximum Gasteiger partial charge on any atom is 0.353 e. The number of aliphatic hydroxyl groups is 1. The number of thiazole rings is 1. The van der Waals surface area contributed by atoms with Gasteiger partial charge < -0.3 is 31.8 Å². The van der Waals surface area contributed by atoms with Crippen molar-refractivity contribution in [1.82, 2.24) is 20.2 Å². The number of hydrogen-bond acceptors (Lipinski definition) is 14. The number of carbonyl (C=O) groups is 3. The number of aliphatic carboxylic acids is 1. The lowest BCUT2D eigenvalue weighted by molar-refractivity contribution is -0.150. The summed E-state index contributed by atoms with van der Waals surface area (Å²) >= 11 is 4.94. The molecule has 2 amide bonds. The molecule has 0 bridgehead atoms. The van der Waals surface area contributed by atoms with Gasteiger partial charge in [0.15, 0.2) is 10.8 Å². The lowest BCUT2D eigenvalue weighted by atomic mass is 10.0. The van der Waals surface area contributed by atoms with E-state index in [1.807, 2.05) is 0 Å². The van der Waals surface area contributed by atoms with Crippen LogP contribution in [0.5, 0.6) is 0 Å². The molecule has 2 aromatic heterocycles. The third-order valence-electron chi connectivity index (χ3n) is 5.39. The normalized spacial score (nSPS) is 19.6. The first kappa shape index (κ1) is 30.1. The summed E-state index contributed by atoms with van der Waals surface area (Å²) in [6.45, 7) is -1.39. The molecule has 2 aliphatic rings. The number of carboxylic acids is 1. The van der Waals surface area contributed by atoms with Crippen LogP contribution < -0.4 is 16.8 Å². The van der Waals surface area contributed by atoms with Gasteiger partial charge in [0.25, 0.3) is 11.8 Å². The summed E-state index contributed by atoms with van der Waals surface area (Å²) < 4.78 is 12.5. The number of rotatable bonds is 13. The molecule has 4 heterocycles. The summed E-state index contributed by atoms with van der Waals surface area (Å²) in [6.07, 6.45) is 3.20. The van der Waals surface area contributed by atoms with E-state index in [4.69, 9.17) is 16.3 Å². The van der Waals surface area contributed by atoms with Crippen molar-refractivity contribution in [2.75, 3.05) is 37.1 Å². The van der Waals surface area contributed by atoms with E-state index in [0.717, 1.165) is 26.0 Å². The second-order valence-electron chi connectivity index (χ2n) is 8.15. The smallest absolute Gasteiger partial charge is 0.353 e. The van der Waals surface area contributed by atoms with Crippen molar-refractivity contribution in [2.24, 2.45) is 10.9 Å². The van der Waals surface area contributed by atoms with Crippen LogP contribution >= 0.6 is 46.6 Å². The quantitative estimate of drug-likeness (QED) is 0.0681. The van der Waals surface area contributed by atoms with Crippen LogP contribution in [0.2, 0.25) is 0 Å². The molecule has 7 N–H and O–H groups in total. The Morgan fingerprint density at radius 2 is 2.20 bits per heavy atom. The van der Waals surface area contributed by atoms with Crippen molar-refractivity contribution in [3.8, 4) is 0 Å². The molecule has 0 spiro atoms. The molecule has 18 heteroatoms. The standard InChI is InChI=1S/C22H24FN7O6S4/c23-2-4-36-29-15(11-8-39-22(25)27-11)18(32)28-16-19(33)30-17(21(34)35)14(9-38-20(16)30)40-12-1-3-26-5-13(12)37-7-10(24)6-31/h1,3,5,8,10,16,20,31H,2,4,6-7,9,24H2,(H2,25,27)(H,28,32)(H,34,35)/b29-15-/t10?,16-,20-/m1/s1. The molecular weight excluding hydrogens is 606 g/mol. The fourth-order valence-corrected chi connectivity index (χ4v) is 7.72. The Hall–Kier alpha value is -2.90. The number of anilines is 1. The second-order valence-corrected chi connectivity index (χ2v) is 12.3. The molecule has 0 saturated carbocycles. The Morgan fingerprint density at radius 1 is 1.40 bits per heavy atom. The van der Waals surface area contributed by atoms with Crippen molar-refractivity contribution in [3.05, 3.63) is 40.1 Å². The van der Waals surface area contributed by atoms with Crippen molar-refractivity contribution < 1.29 is 33.8 Å². The highest BCUT2D eigenvalue weighted by molar-refractivity contribution is 8.07. The molecule has 1 saturated heterocycles. The molecule has 2 aliphatic heterocycles. The Kier molecular flexibility index (Phi) is 10.3. The summed E-state index contributed by atoms with van der Waals surface area (Å²) in [5.41, 5.74) is 11.1. The number of nitrogens with two attached hydrogens (primary N) is 2. The largest absolute Gasteiger partial charge is 0.477 e. The molecule has 13 nitrogen and oxygen atoms in total. The molecule has 1 fully saturated rings. The van der Waals surface area contributed by atoms with Crippen LogP contribution in [0.3, 0.4) is 0 Å². The number of aliphatic hydroxyl groups excluding tert-OH is 1. The third kappa shape index (κ3) is 6.69. The van der Waals surface area contributed by atoms with Crippen LogP contribution in [0.1, 0.15) is 5.69 Å². The number of nitrogen functional groups attached to an aromatic ring is 1. The zero-order valence-electron chi connectivity index (χ0n) is 20.6. The van der Waals surface area contributed by atoms with E-state index in [1.165, 1.54) is 40.7 Å². The van der Waals surface area contributed by atoms with Crippen LogP contribution in [-0.2, 0) is 19.2 Å². The van der Waals surface area contributed by atoms with Crippen LogP contribution in [0.25, 0.3) is 0 Å². The van der Waals surface area contributed by atoms with Crippen molar-refractivity contribution in [3.63, 3.8) is 0 Å². The SMILES string of the molecule is Nc1nc(/C(=N/OCCF)C(=O)N[C@@H]2C(=O)N3C(C(=O)O)=C(Sc4ccncc4SCC(N)CO)CS[C@H]23)cs1. The molecule has 214 valence electrons. The highest BCUT2D eigenvalue weighted by Crippen LogP contribution is 2.46. The Balaban J connectivity index is 1.52. The number of fused-ring (bicyclic) bond motifs is 1. The lowest BCUT2D eigenvalue weighted by Gasteiger charge is -2.49. The Bertz CT molecular complexity index is 1340. The summed E-state index contributed by atoms with van der Waals surface area (Å²) in [7, 11) is 0. The van der Waals surface area contributed by atoms with E-state index in [1.54, 1.807) is 18.5 Å². The average molecular weight is 630 g/mol. The van der Waals surface area contributed by atoms with Gasteiger partial charge in [0.05, 0.1) is 6.61 Å². The van der Waals surface area contributed by atoms with Gasteiger partial charge in [-0.2, -0.15) is 0 Å². The molecule has 1 unspecified atom stereocenters. The minimum absolute atomic E-state index is 0.0922. The van der Waals surface area contributed by atoms with E-state index < -0.39 is 41.9 Å². The number of β-lactam (4-membered cyclic amide) rings is 1. The maximum absolute atomic E-state index is 13.1. The number of pyridine rings is 1. The topological polar surface area (TPSA) is 206 Å². The maximum atomic E-state index is 13.1. The zero-order chi connectivity index (χ0) is 28.8. The van der Waals surface area contributed by atoms with Gasteiger partial charge >= 0.3 is 5.97 Å². The number of carboxylic acid groups (broad SMARTS) is 1. The highest BCUT2D eigenvalue weighted by Gasteiger charge is 2.54.